The van der Waals surface area contributed by atoms with Gasteiger partial charge in [0.1, 0.15) is 6.10 Å². The molecule has 0 heterocycles. The first-order valence-electron chi connectivity index (χ1n) is 3.60. The SMILES string of the molecule is CC(O)C(=O)O.CCO.CCO.S. The molecule has 84 valence electrons. The first kappa shape index (κ1) is 23.0. The van der Waals surface area contributed by atoms with Crippen molar-refractivity contribution < 1.29 is 25.2 Å². The predicted molar refractivity (Wildman–Crippen MR) is 55.2 cm³/mol. The van der Waals surface area contributed by atoms with Crippen LogP contribution < -0.4 is 0 Å². The highest BCUT2D eigenvalue weighted by molar-refractivity contribution is 7.59. The maximum Gasteiger partial charge on any atom is 0.332 e. The lowest BCUT2D eigenvalue weighted by Crippen LogP contribution is -2.13. The van der Waals surface area contributed by atoms with Gasteiger partial charge in [-0.05, 0) is 20.8 Å². The molecule has 0 bridgehead atoms. The average Bonchev–Trinajstić information content (AvgIpc) is 1.90. The molecule has 0 saturated carbocycles. The number of carboxylic acid groups (broad SMARTS) is 1. The van der Waals surface area contributed by atoms with Gasteiger partial charge < -0.3 is 20.4 Å². The van der Waals surface area contributed by atoms with E-state index < -0.39 is 12.1 Å². The lowest BCUT2D eigenvalue weighted by Gasteiger charge is -1.89. The standard InChI is InChI=1S/C3H6O3.2C2H6O.H2S/c1-2(4)3(5)6;2*1-2-3;/h2,4H,1H3,(H,5,6);2*3H,2H2,1H3;1H2. The van der Waals surface area contributed by atoms with Gasteiger partial charge in [-0.2, -0.15) is 13.5 Å². The van der Waals surface area contributed by atoms with Gasteiger partial charge in [0.05, 0.1) is 0 Å². The highest BCUT2D eigenvalue weighted by atomic mass is 32.1. The van der Waals surface area contributed by atoms with Crippen molar-refractivity contribution in [1.82, 2.24) is 0 Å². The van der Waals surface area contributed by atoms with Crippen LogP contribution in [0.1, 0.15) is 20.8 Å². The minimum Gasteiger partial charge on any atom is -0.479 e. The van der Waals surface area contributed by atoms with Crippen LogP contribution in [0, 0.1) is 0 Å². The molecule has 6 heteroatoms. The number of rotatable bonds is 1. The maximum atomic E-state index is 9.45. The highest BCUT2D eigenvalue weighted by Crippen LogP contribution is 1.73. The van der Waals surface area contributed by atoms with Crippen molar-refractivity contribution in [2.75, 3.05) is 13.2 Å². The Morgan fingerprint density at radius 3 is 1.31 bits per heavy atom. The van der Waals surface area contributed by atoms with Crippen LogP contribution in [0.2, 0.25) is 0 Å². The molecule has 13 heavy (non-hydrogen) atoms. The third kappa shape index (κ3) is 80.4. The van der Waals surface area contributed by atoms with Gasteiger partial charge in [-0.3, -0.25) is 0 Å². The van der Waals surface area contributed by atoms with Crippen molar-refractivity contribution in [3.63, 3.8) is 0 Å². The summed E-state index contributed by atoms with van der Waals surface area (Å²) < 4.78 is 0. The predicted octanol–water partition coefficient (Wildman–Crippen LogP) is -0.438. The topological polar surface area (TPSA) is 98.0 Å². The van der Waals surface area contributed by atoms with E-state index in [0.717, 1.165) is 0 Å². The zero-order chi connectivity index (χ0) is 10.6. The number of hydrogen-bond donors (Lipinski definition) is 4. The zero-order valence-electron chi connectivity index (χ0n) is 8.19. The first-order chi connectivity index (χ1) is 5.47. The van der Waals surface area contributed by atoms with Crippen LogP contribution in [-0.4, -0.2) is 45.7 Å². The summed E-state index contributed by atoms with van der Waals surface area (Å²) in [5, 5.41) is 30.9. The Hall–Kier alpha value is -0.300. The summed E-state index contributed by atoms with van der Waals surface area (Å²) in [6.45, 7) is 5.06. The van der Waals surface area contributed by atoms with Crippen LogP contribution in [0.15, 0.2) is 0 Å². The van der Waals surface area contributed by atoms with E-state index in [2.05, 4.69) is 0 Å². The van der Waals surface area contributed by atoms with Gasteiger partial charge in [-0.15, -0.1) is 0 Å². The summed E-state index contributed by atoms with van der Waals surface area (Å²) in [5.41, 5.74) is 0. The second-order valence-corrected chi connectivity index (χ2v) is 1.65. The van der Waals surface area contributed by atoms with E-state index in [4.69, 9.17) is 20.4 Å². The van der Waals surface area contributed by atoms with E-state index in [1.165, 1.54) is 6.92 Å². The molecule has 0 aliphatic heterocycles. The van der Waals surface area contributed by atoms with Gasteiger partial charge >= 0.3 is 5.97 Å². The van der Waals surface area contributed by atoms with Crippen LogP contribution in [0.5, 0.6) is 0 Å². The number of hydrogen-bond acceptors (Lipinski definition) is 4. The van der Waals surface area contributed by atoms with Gasteiger partial charge in [0, 0.05) is 13.2 Å². The van der Waals surface area contributed by atoms with E-state index in [9.17, 15) is 4.79 Å². The summed E-state index contributed by atoms with van der Waals surface area (Å²) >= 11 is 0. The summed E-state index contributed by atoms with van der Waals surface area (Å²) in [5.74, 6) is -1.19. The molecule has 0 aliphatic carbocycles. The largest absolute Gasteiger partial charge is 0.479 e. The molecule has 0 amide bonds. The minimum atomic E-state index is -1.23. The molecule has 0 spiro atoms. The minimum absolute atomic E-state index is 0. The monoisotopic (exact) mass is 216 g/mol. The fourth-order valence-corrected chi connectivity index (χ4v) is 0. The first-order valence-corrected chi connectivity index (χ1v) is 3.60. The molecule has 1 unspecified atom stereocenters. The summed E-state index contributed by atoms with van der Waals surface area (Å²) in [4.78, 5) is 9.45. The Labute approximate surface area is 85.5 Å². The number of carbonyl (C=O) groups is 1. The quantitative estimate of drug-likeness (QED) is 0.476. The Bertz CT molecular complexity index is 85.0. The van der Waals surface area contributed by atoms with E-state index in [1.807, 2.05) is 0 Å². The number of aliphatic carboxylic acids is 1. The van der Waals surface area contributed by atoms with Gasteiger partial charge in [0.15, 0.2) is 0 Å². The van der Waals surface area contributed by atoms with Crippen molar-refractivity contribution in [1.29, 1.82) is 0 Å². The lowest BCUT2D eigenvalue weighted by atomic mass is 10.4. The van der Waals surface area contributed by atoms with Crippen molar-refractivity contribution in [2.24, 2.45) is 0 Å². The smallest absolute Gasteiger partial charge is 0.332 e. The second-order valence-electron chi connectivity index (χ2n) is 1.65. The molecule has 0 saturated heterocycles. The molecule has 1 atom stereocenters. The summed E-state index contributed by atoms with van der Waals surface area (Å²) in [7, 11) is 0. The molecule has 0 fully saturated rings. The number of carboxylic acids is 1. The van der Waals surface area contributed by atoms with Crippen molar-refractivity contribution in [2.45, 2.75) is 26.9 Å². The average molecular weight is 216 g/mol. The zero-order valence-corrected chi connectivity index (χ0v) is 9.19. The molecular weight excluding hydrogens is 196 g/mol. The van der Waals surface area contributed by atoms with Crippen molar-refractivity contribution in [3.05, 3.63) is 0 Å². The molecule has 0 aromatic rings. The fourth-order valence-electron chi connectivity index (χ4n) is 0. The Morgan fingerprint density at radius 1 is 1.23 bits per heavy atom. The van der Waals surface area contributed by atoms with Crippen LogP contribution in [-0.2, 0) is 4.79 Å². The molecule has 0 radical (unpaired) electrons. The maximum absolute atomic E-state index is 9.45. The Balaban J connectivity index is -0.0000000501. The molecule has 4 N–H and O–H groups in total. The van der Waals surface area contributed by atoms with E-state index in [0.29, 0.717) is 0 Å². The van der Waals surface area contributed by atoms with Gasteiger partial charge in [0.25, 0.3) is 0 Å². The fraction of sp³-hybridized carbons (Fsp3) is 0.857. The van der Waals surface area contributed by atoms with E-state index in [-0.39, 0.29) is 26.7 Å². The number of aliphatic hydroxyl groups is 3. The van der Waals surface area contributed by atoms with Gasteiger partial charge in [-0.1, -0.05) is 0 Å². The molecule has 0 aromatic carbocycles. The molecular formula is C7H20O5S. The Morgan fingerprint density at radius 2 is 1.31 bits per heavy atom. The lowest BCUT2D eigenvalue weighted by molar-refractivity contribution is -0.145. The number of aliphatic hydroxyl groups excluding tert-OH is 3. The molecule has 5 nitrogen and oxygen atoms in total. The van der Waals surface area contributed by atoms with Gasteiger partial charge in [0.2, 0.25) is 0 Å². The van der Waals surface area contributed by atoms with Crippen molar-refractivity contribution >= 4 is 19.5 Å². The van der Waals surface area contributed by atoms with E-state index >= 15 is 0 Å². The normalized spacial score (nSPS) is 9.08. The molecule has 0 aliphatic rings. The molecule has 0 rings (SSSR count). The summed E-state index contributed by atoms with van der Waals surface area (Å²) in [6.07, 6.45) is -1.23. The van der Waals surface area contributed by atoms with Crippen LogP contribution in [0.4, 0.5) is 0 Å². The Kier molecular flexibility index (Phi) is 39.9. The second kappa shape index (κ2) is 22.6. The van der Waals surface area contributed by atoms with E-state index in [1.54, 1.807) is 13.8 Å². The third-order valence-corrected chi connectivity index (χ3v) is 0.357. The van der Waals surface area contributed by atoms with Crippen LogP contribution in [0.3, 0.4) is 0 Å². The van der Waals surface area contributed by atoms with Crippen molar-refractivity contribution in [3.8, 4) is 0 Å². The van der Waals surface area contributed by atoms with Gasteiger partial charge in [-0.25, -0.2) is 4.79 Å². The highest BCUT2D eigenvalue weighted by Gasteiger charge is 2.01. The third-order valence-electron chi connectivity index (χ3n) is 0.357. The van der Waals surface area contributed by atoms with Crippen LogP contribution in [0.25, 0.3) is 0 Å². The summed E-state index contributed by atoms with van der Waals surface area (Å²) in [6, 6.07) is 0. The van der Waals surface area contributed by atoms with Crippen LogP contribution >= 0.6 is 13.5 Å². The molecule has 0 aromatic heterocycles.